The van der Waals surface area contributed by atoms with Crippen molar-refractivity contribution in [1.29, 1.82) is 0 Å². The minimum absolute atomic E-state index is 0.206. The highest BCUT2D eigenvalue weighted by Gasteiger charge is 2.27. The van der Waals surface area contributed by atoms with Gasteiger partial charge in [0.05, 0.1) is 5.52 Å². The molecule has 0 bridgehead atoms. The minimum atomic E-state index is -0.859. The van der Waals surface area contributed by atoms with E-state index in [2.05, 4.69) is 15.0 Å². The summed E-state index contributed by atoms with van der Waals surface area (Å²) in [7, 11) is 0. The van der Waals surface area contributed by atoms with Gasteiger partial charge in [0.2, 0.25) is 5.95 Å². The summed E-state index contributed by atoms with van der Waals surface area (Å²) < 4.78 is 5.33. The van der Waals surface area contributed by atoms with Gasteiger partial charge in [-0.1, -0.05) is 24.3 Å². The standard InChI is InChI=1S/C23H23N5O3/c1-17(22(30)27-13-15-28(16-14-27)23-25-11-4-12-26-23)31-20(29)9-8-19-6-2-5-18-7-3-10-24-21(18)19/h2-12,17H,13-16H2,1H3/b9-8+. The van der Waals surface area contributed by atoms with Crippen LogP contribution in [-0.4, -0.2) is 64.0 Å². The molecule has 8 heteroatoms. The van der Waals surface area contributed by atoms with Crippen molar-refractivity contribution in [3.63, 3.8) is 0 Å². The zero-order valence-corrected chi connectivity index (χ0v) is 17.2. The number of amides is 1. The molecule has 0 saturated carbocycles. The number of carbonyl (C=O) groups is 2. The molecule has 0 aliphatic carbocycles. The number of esters is 1. The van der Waals surface area contributed by atoms with Crippen molar-refractivity contribution >= 4 is 34.8 Å². The Balaban J connectivity index is 1.31. The SMILES string of the molecule is CC(OC(=O)/C=C/c1cccc2cccnc12)C(=O)N1CCN(c2ncccn2)CC1. The number of rotatable bonds is 5. The summed E-state index contributed by atoms with van der Waals surface area (Å²) in [5.41, 5.74) is 1.62. The molecule has 1 aliphatic rings. The normalized spacial score (nSPS) is 15.3. The van der Waals surface area contributed by atoms with Crippen LogP contribution in [0.5, 0.6) is 0 Å². The second kappa shape index (κ2) is 9.34. The molecule has 8 nitrogen and oxygen atoms in total. The van der Waals surface area contributed by atoms with Crippen molar-refractivity contribution in [2.75, 3.05) is 31.1 Å². The molecule has 1 fully saturated rings. The van der Waals surface area contributed by atoms with Gasteiger partial charge in [-0.05, 0) is 25.1 Å². The summed E-state index contributed by atoms with van der Waals surface area (Å²) in [6, 6.07) is 11.3. The van der Waals surface area contributed by atoms with Crippen molar-refractivity contribution in [1.82, 2.24) is 19.9 Å². The molecule has 0 spiro atoms. The molecule has 1 aromatic carbocycles. The lowest BCUT2D eigenvalue weighted by molar-refractivity contribution is -0.155. The zero-order chi connectivity index (χ0) is 21.6. The maximum Gasteiger partial charge on any atom is 0.331 e. The average Bonchev–Trinajstić information content (AvgIpc) is 2.83. The third-order valence-electron chi connectivity index (χ3n) is 5.13. The van der Waals surface area contributed by atoms with Crippen LogP contribution in [-0.2, 0) is 14.3 Å². The van der Waals surface area contributed by atoms with Crippen LogP contribution in [0.25, 0.3) is 17.0 Å². The Morgan fingerprint density at radius 3 is 2.45 bits per heavy atom. The number of carbonyl (C=O) groups excluding carboxylic acids is 2. The molecule has 1 amide bonds. The first-order valence-electron chi connectivity index (χ1n) is 10.1. The van der Waals surface area contributed by atoms with Gasteiger partial charge in [-0.3, -0.25) is 9.78 Å². The molecule has 2 aromatic heterocycles. The zero-order valence-electron chi connectivity index (χ0n) is 17.2. The molecule has 4 rings (SSSR count). The highest BCUT2D eigenvalue weighted by atomic mass is 16.5. The Morgan fingerprint density at radius 2 is 1.68 bits per heavy atom. The van der Waals surface area contributed by atoms with Crippen LogP contribution >= 0.6 is 0 Å². The van der Waals surface area contributed by atoms with Crippen LogP contribution in [0, 0.1) is 0 Å². The van der Waals surface area contributed by atoms with Gasteiger partial charge in [0, 0.05) is 61.8 Å². The number of hydrogen-bond acceptors (Lipinski definition) is 7. The van der Waals surface area contributed by atoms with E-state index in [0.717, 1.165) is 16.5 Å². The second-order valence-electron chi connectivity index (χ2n) is 7.20. The third kappa shape index (κ3) is 4.85. The Bertz CT molecular complexity index is 1090. The van der Waals surface area contributed by atoms with E-state index in [4.69, 9.17) is 4.74 Å². The summed E-state index contributed by atoms with van der Waals surface area (Å²) in [6.45, 7) is 3.90. The average molecular weight is 417 g/mol. The number of benzene rings is 1. The smallest absolute Gasteiger partial charge is 0.331 e. The summed E-state index contributed by atoms with van der Waals surface area (Å²) >= 11 is 0. The van der Waals surface area contributed by atoms with Gasteiger partial charge in [-0.15, -0.1) is 0 Å². The third-order valence-corrected chi connectivity index (χ3v) is 5.13. The minimum Gasteiger partial charge on any atom is -0.449 e. The quantitative estimate of drug-likeness (QED) is 0.465. The number of pyridine rings is 1. The van der Waals surface area contributed by atoms with Gasteiger partial charge < -0.3 is 14.5 Å². The fraction of sp³-hybridized carbons (Fsp3) is 0.261. The molecule has 31 heavy (non-hydrogen) atoms. The molecule has 1 aliphatic heterocycles. The van der Waals surface area contributed by atoms with Crippen LogP contribution in [0.4, 0.5) is 5.95 Å². The van der Waals surface area contributed by atoms with E-state index in [1.54, 1.807) is 42.6 Å². The van der Waals surface area contributed by atoms with E-state index in [0.29, 0.717) is 32.1 Å². The van der Waals surface area contributed by atoms with Gasteiger partial charge in [0.15, 0.2) is 6.10 Å². The predicted molar refractivity (Wildman–Crippen MR) is 117 cm³/mol. The first-order chi connectivity index (χ1) is 15.1. The first-order valence-corrected chi connectivity index (χ1v) is 10.1. The van der Waals surface area contributed by atoms with Gasteiger partial charge in [-0.2, -0.15) is 0 Å². The molecule has 0 radical (unpaired) electrons. The molecule has 1 unspecified atom stereocenters. The summed E-state index contributed by atoms with van der Waals surface area (Å²) in [5.74, 6) is -0.116. The molecule has 3 heterocycles. The van der Waals surface area contributed by atoms with E-state index in [1.807, 2.05) is 35.2 Å². The second-order valence-corrected chi connectivity index (χ2v) is 7.20. The van der Waals surface area contributed by atoms with Gasteiger partial charge in [0.1, 0.15) is 0 Å². The molecule has 0 N–H and O–H groups in total. The first kappa shape index (κ1) is 20.5. The van der Waals surface area contributed by atoms with Gasteiger partial charge in [-0.25, -0.2) is 14.8 Å². The maximum atomic E-state index is 12.7. The molecule has 1 saturated heterocycles. The van der Waals surface area contributed by atoms with Crippen LogP contribution in [0.15, 0.2) is 61.1 Å². The number of piperazine rings is 1. The number of hydrogen-bond donors (Lipinski definition) is 0. The van der Waals surface area contributed by atoms with Crippen LogP contribution < -0.4 is 4.90 Å². The number of ether oxygens (including phenoxy) is 1. The highest BCUT2D eigenvalue weighted by molar-refractivity contribution is 5.94. The van der Waals surface area contributed by atoms with Gasteiger partial charge >= 0.3 is 5.97 Å². The molecule has 3 aromatic rings. The Labute approximate surface area is 180 Å². The Kier molecular flexibility index (Phi) is 6.16. The van der Waals surface area contributed by atoms with Crippen LogP contribution in [0.3, 0.4) is 0 Å². The van der Waals surface area contributed by atoms with E-state index in [9.17, 15) is 9.59 Å². The lowest BCUT2D eigenvalue weighted by Crippen LogP contribution is -2.52. The summed E-state index contributed by atoms with van der Waals surface area (Å²) in [4.78, 5) is 41.5. The van der Waals surface area contributed by atoms with E-state index in [-0.39, 0.29) is 5.91 Å². The lowest BCUT2D eigenvalue weighted by Gasteiger charge is -2.35. The van der Waals surface area contributed by atoms with E-state index in [1.165, 1.54) is 6.08 Å². The summed E-state index contributed by atoms with van der Waals surface area (Å²) in [6.07, 6.45) is 7.24. The fourth-order valence-corrected chi connectivity index (χ4v) is 3.52. The highest BCUT2D eigenvalue weighted by Crippen LogP contribution is 2.17. The number of fused-ring (bicyclic) bond motifs is 1. The lowest BCUT2D eigenvalue weighted by atomic mass is 10.1. The van der Waals surface area contributed by atoms with Crippen molar-refractivity contribution in [3.05, 3.63) is 66.6 Å². The van der Waals surface area contributed by atoms with Crippen molar-refractivity contribution in [2.24, 2.45) is 0 Å². The largest absolute Gasteiger partial charge is 0.449 e. The molecule has 158 valence electrons. The van der Waals surface area contributed by atoms with E-state index >= 15 is 0 Å². The van der Waals surface area contributed by atoms with Gasteiger partial charge in [0.25, 0.3) is 5.91 Å². The number of anilines is 1. The maximum absolute atomic E-state index is 12.7. The topological polar surface area (TPSA) is 88.5 Å². The number of para-hydroxylation sites is 1. The summed E-state index contributed by atoms with van der Waals surface area (Å²) in [5, 5.41) is 0.988. The Hall–Kier alpha value is -3.81. The fourth-order valence-electron chi connectivity index (χ4n) is 3.52. The van der Waals surface area contributed by atoms with Crippen LogP contribution in [0.1, 0.15) is 12.5 Å². The van der Waals surface area contributed by atoms with Crippen molar-refractivity contribution in [3.8, 4) is 0 Å². The van der Waals surface area contributed by atoms with E-state index < -0.39 is 12.1 Å². The molecule has 1 atom stereocenters. The van der Waals surface area contributed by atoms with Crippen molar-refractivity contribution in [2.45, 2.75) is 13.0 Å². The predicted octanol–water partition coefficient (Wildman–Crippen LogP) is 2.32. The van der Waals surface area contributed by atoms with Crippen molar-refractivity contribution < 1.29 is 14.3 Å². The number of nitrogens with zero attached hydrogens (tertiary/aromatic N) is 5. The monoisotopic (exact) mass is 417 g/mol. The Morgan fingerprint density at radius 1 is 0.968 bits per heavy atom. The molecular formula is C23H23N5O3. The number of aromatic nitrogens is 3. The molecular weight excluding hydrogens is 394 g/mol. The van der Waals surface area contributed by atoms with Crippen LogP contribution in [0.2, 0.25) is 0 Å².